The van der Waals surface area contributed by atoms with E-state index in [0.717, 1.165) is 5.56 Å². The molecule has 2 rings (SSSR count). The van der Waals surface area contributed by atoms with Crippen molar-refractivity contribution in [1.82, 2.24) is 0 Å². The second-order valence-electron chi connectivity index (χ2n) is 5.59. The molecule has 2 aromatic rings. The molecule has 3 nitrogen and oxygen atoms in total. The summed E-state index contributed by atoms with van der Waals surface area (Å²) in [5.74, 6) is -9.98. The van der Waals surface area contributed by atoms with Gasteiger partial charge in [-0.3, -0.25) is 4.18 Å². The number of unbranched alkanes of at least 4 members (excludes halogenated alkanes) is 1. The van der Waals surface area contributed by atoms with Crippen LogP contribution in [-0.2, 0) is 20.7 Å². The number of benzene rings is 2. The van der Waals surface area contributed by atoms with Crippen molar-refractivity contribution in [2.45, 2.75) is 31.1 Å². The lowest BCUT2D eigenvalue weighted by Gasteiger charge is -2.09. The lowest BCUT2D eigenvalue weighted by atomic mass is 10.1. The Labute approximate surface area is 147 Å². The van der Waals surface area contributed by atoms with Crippen LogP contribution in [0.1, 0.15) is 24.0 Å². The molecule has 0 spiro atoms. The Kier molecular flexibility index (Phi) is 6.35. The van der Waals surface area contributed by atoms with Crippen molar-refractivity contribution in [3.63, 3.8) is 0 Å². The maximum Gasteiger partial charge on any atom is 0.296 e. The molecule has 0 amide bonds. The van der Waals surface area contributed by atoms with E-state index in [4.69, 9.17) is 4.18 Å². The minimum Gasteiger partial charge on any atom is -0.266 e. The molecule has 2 aromatic carbocycles. The highest BCUT2D eigenvalue weighted by Crippen LogP contribution is 2.24. The normalized spacial score (nSPS) is 11.8. The molecule has 0 aliphatic carbocycles. The fourth-order valence-corrected chi connectivity index (χ4v) is 3.16. The Bertz CT molecular complexity index is 867. The Balaban J connectivity index is 1.93. The second kappa shape index (κ2) is 8.13. The third-order valence-electron chi connectivity index (χ3n) is 3.67. The maximum absolute atomic E-state index is 13.5. The first kappa shape index (κ1) is 20.3. The lowest BCUT2D eigenvalue weighted by Crippen LogP contribution is -2.09. The number of hydrogen-bond donors (Lipinski definition) is 0. The van der Waals surface area contributed by atoms with E-state index in [1.807, 2.05) is 0 Å². The summed E-state index contributed by atoms with van der Waals surface area (Å²) in [6.07, 6.45) is -0.425. The van der Waals surface area contributed by atoms with E-state index in [-0.39, 0.29) is 24.3 Å². The van der Waals surface area contributed by atoms with E-state index in [1.165, 1.54) is 12.1 Å². The van der Waals surface area contributed by atoms with Crippen molar-refractivity contribution in [1.29, 1.82) is 0 Å². The van der Waals surface area contributed by atoms with Gasteiger partial charge in [0.15, 0.2) is 23.3 Å². The highest BCUT2D eigenvalue weighted by Gasteiger charge is 2.25. The standard InChI is InChI=1S/C17H15F5O3S/c1-10-5-7-11(8-6-10)26(23,24)25-9-3-2-4-12-13(18)15(20)17(22)16(21)14(12)19/h5-8H,2-4,9H2,1H3. The molecular weight excluding hydrogens is 379 g/mol. The van der Waals surface area contributed by atoms with Crippen LogP contribution in [0.3, 0.4) is 0 Å². The Morgan fingerprint density at radius 1 is 0.808 bits per heavy atom. The van der Waals surface area contributed by atoms with Crippen LogP contribution in [0.15, 0.2) is 29.2 Å². The Hall–Kier alpha value is -2.00. The van der Waals surface area contributed by atoms with Crippen molar-refractivity contribution in [3.8, 4) is 0 Å². The van der Waals surface area contributed by atoms with Crippen LogP contribution in [0, 0.1) is 36.0 Å². The van der Waals surface area contributed by atoms with Crippen molar-refractivity contribution in [2.24, 2.45) is 0 Å². The van der Waals surface area contributed by atoms with E-state index in [2.05, 4.69) is 0 Å². The molecule has 0 unspecified atom stereocenters. The number of hydrogen-bond acceptors (Lipinski definition) is 3. The number of aryl methyl sites for hydroxylation is 1. The zero-order valence-corrected chi connectivity index (χ0v) is 14.5. The van der Waals surface area contributed by atoms with Gasteiger partial charge in [0.2, 0.25) is 5.82 Å². The first-order valence-electron chi connectivity index (χ1n) is 7.61. The molecule has 0 aliphatic rings. The van der Waals surface area contributed by atoms with Crippen molar-refractivity contribution in [3.05, 3.63) is 64.5 Å². The van der Waals surface area contributed by atoms with E-state index in [0.29, 0.717) is 0 Å². The van der Waals surface area contributed by atoms with E-state index in [9.17, 15) is 30.4 Å². The molecule has 0 aromatic heterocycles. The lowest BCUT2D eigenvalue weighted by molar-refractivity contribution is 0.307. The van der Waals surface area contributed by atoms with Gasteiger partial charge in [0.25, 0.3) is 10.1 Å². The molecule has 0 aliphatic heterocycles. The van der Waals surface area contributed by atoms with Crippen LogP contribution in [-0.4, -0.2) is 15.0 Å². The molecule has 0 saturated carbocycles. The molecule has 0 saturated heterocycles. The van der Waals surface area contributed by atoms with Gasteiger partial charge in [-0.1, -0.05) is 17.7 Å². The van der Waals surface area contributed by atoms with E-state index in [1.54, 1.807) is 19.1 Å². The molecule has 0 radical (unpaired) electrons. The molecule has 26 heavy (non-hydrogen) atoms. The van der Waals surface area contributed by atoms with Crippen LogP contribution in [0.5, 0.6) is 0 Å². The smallest absolute Gasteiger partial charge is 0.266 e. The predicted molar refractivity (Wildman–Crippen MR) is 83.5 cm³/mol. The fraction of sp³-hybridized carbons (Fsp3) is 0.294. The second-order valence-corrected chi connectivity index (χ2v) is 7.21. The average Bonchev–Trinajstić information content (AvgIpc) is 2.61. The molecular formula is C17H15F5O3S. The van der Waals surface area contributed by atoms with Crippen molar-refractivity contribution in [2.75, 3.05) is 6.61 Å². The van der Waals surface area contributed by atoms with Crippen LogP contribution in [0.4, 0.5) is 22.0 Å². The average molecular weight is 394 g/mol. The molecule has 0 heterocycles. The third-order valence-corrected chi connectivity index (χ3v) is 5.00. The SMILES string of the molecule is Cc1ccc(S(=O)(=O)OCCCCc2c(F)c(F)c(F)c(F)c2F)cc1. The van der Waals surface area contributed by atoms with Crippen molar-refractivity contribution >= 4 is 10.1 Å². The van der Waals surface area contributed by atoms with Gasteiger partial charge in [0.05, 0.1) is 11.5 Å². The number of rotatable bonds is 7. The molecule has 0 bridgehead atoms. The third kappa shape index (κ3) is 4.39. The van der Waals surface area contributed by atoms with Crippen LogP contribution in [0.25, 0.3) is 0 Å². The summed E-state index contributed by atoms with van der Waals surface area (Å²) in [5, 5.41) is 0. The van der Waals surface area contributed by atoms with Gasteiger partial charge in [-0.25, -0.2) is 22.0 Å². The summed E-state index contributed by atoms with van der Waals surface area (Å²) >= 11 is 0. The van der Waals surface area contributed by atoms with Gasteiger partial charge in [0.1, 0.15) is 0 Å². The summed E-state index contributed by atoms with van der Waals surface area (Å²) in [6.45, 7) is 1.50. The number of halogens is 5. The minimum atomic E-state index is -3.98. The molecule has 0 atom stereocenters. The minimum absolute atomic E-state index is 0.0260. The zero-order chi connectivity index (χ0) is 19.5. The highest BCUT2D eigenvalue weighted by atomic mass is 32.2. The highest BCUT2D eigenvalue weighted by molar-refractivity contribution is 7.86. The van der Waals surface area contributed by atoms with Gasteiger partial charge >= 0.3 is 0 Å². The molecule has 0 fully saturated rings. The summed E-state index contributed by atoms with van der Waals surface area (Å²) in [5.41, 5.74) is -0.0606. The summed E-state index contributed by atoms with van der Waals surface area (Å²) in [4.78, 5) is -0.0390. The first-order chi connectivity index (χ1) is 12.1. The Morgan fingerprint density at radius 2 is 1.31 bits per heavy atom. The Morgan fingerprint density at radius 3 is 1.85 bits per heavy atom. The van der Waals surface area contributed by atoms with E-state index < -0.39 is 51.2 Å². The maximum atomic E-state index is 13.5. The topological polar surface area (TPSA) is 43.4 Å². The fourth-order valence-electron chi connectivity index (χ4n) is 2.22. The van der Waals surface area contributed by atoms with Gasteiger partial charge in [-0.15, -0.1) is 0 Å². The first-order valence-corrected chi connectivity index (χ1v) is 9.02. The van der Waals surface area contributed by atoms with Gasteiger partial charge < -0.3 is 0 Å². The van der Waals surface area contributed by atoms with Gasteiger partial charge in [-0.2, -0.15) is 8.42 Å². The molecule has 0 N–H and O–H groups in total. The van der Waals surface area contributed by atoms with Crippen LogP contribution < -0.4 is 0 Å². The zero-order valence-electron chi connectivity index (χ0n) is 13.7. The molecule has 9 heteroatoms. The quantitative estimate of drug-likeness (QED) is 0.230. The predicted octanol–water partition coefficient (Wildman–Crippen LogP) is 4.42. The van der Waals surface area contributed by atoms with Crippen LogP contribution >= 0.6 is 0 Å². The van der Waals surface area contributed by atoms with E-state index >= 15 is 0 Å². The van der Waals surface area contributed by atoms with Gasteiger partial charge in [0, 0.05) is 5.56 Å². The largest absolute Gasteiger partial charge is 0.296 e. The summed E-state index contributed by atoms with van der Waals surface area (Å²) < 4.78 is 94.8. The summed E-state index contributed by atoms with van der Waals surface area (Å²) in [7, 11) is -3.98. The monoisotopic (exact) mass is 394 g/mol. The summed E-state index contributed by atoms with van der Waals surface area (Å²) in [6, 6.07) is 5.94. The van der Waals surface area contributed by atoms with Crippen LogP contribution in [0.2, 0.25) is 0 Å². The van der Waals surface area contributed by atoms with Gasteiger partial charge in [-0.05, 0) is 38.3 Å². The molecule has 142 valence electrons. The van der Waals surface area contributed by atoms with Crippen molar-refractivity contribution < 1.29 is 34.6 Å².